The van der Waals surface area contributed by atoms with Gasteiger partial charge in [0, 0.05) is 14.1 Å². The quantitative estimate of drug-likeness (QED) is 0.507. The van der Waals surface area contributed by atoms with Crippen LogP contribution in [0.1, 0.15) is 11.1 Å². The van der Waals surface area contributed by atoms with Crippen LogP contribution in [0.2, 0.25) is 0 Å². The molecule has 1 fully saturated rings. The van der Waals surface area contributed by atoms with Crippen molar-refractivity contribution in [1.82, 2.24) is 20.1 Å². The first kappa shape index (κ1) is 22.0. The van der Waals surface area contributed by atoms with Crippen LogP contribution in [-0.2, 0) is 16.2 Å². The molecule has 0 bridgehead atoms. The lowest BCUT2D eigenvalue weighted by Crippen LogP contribution is -2.64. The van der Waals surface area contributed by atoms with E-state index in [1.807, 2.05) is 54.6 Å². The summed E-state index contributed by atoms with van der Waals surface area (Å²) in [5, 5.41) is 3.98. The molecule has 0 saturated carbocycles. The van der Waals surface area contributed by atoms with Crippen LogP contribution in [0, 0.1) is 0 Å². The third kappa shape index (κ3) is 4.84. The Kier molecular flexibility index (Phi) is 6.34. The summed E-state index contributed by atoms with van der Waals surface area (Å²) in [6, 6.07) is 16.1. The number of hydrazone groups is 1. The van der Waals surface area contributed by atoms with Gasteiger partial charge in [0.1, 0.15) is 18.9 Å². The predicted molar refractivity (Wildman–Crippen MR) is 122 cm³/mol. The first-order valence-corrected chi connectivity index (χ1v) is 10.4. The van der Waals surface area contributed by atoms with Crippen LogP contribution in [0.3, 0.4) is 0 Å². The maximum absolute atomic E-state index is 12.5. The van der Waals surface area contributed by atoms with E-state index in [2.05, 4.69) is 15.5 Å². The molecule has 2 heterocycles. The van der Waals surface area contributed by atoms with Crippen molar-refractivity contribution in [2.45, 2.75) is 18.8 Å². The molecule has 10 nitrogen and oxygen atoms in total. The molecular weight excluding hydrogens is 424 g/mol. The van der Waals surface area contributed by atoms with E-state index >= 15 is 0 Å². The summed E-state index contributed by atoms with van der Waals surface area (Å²) < 4.78 is 5.75. The van der Waals surface area contributed by atoms with Crippen LogP contribution in [0.4, 0.5) is 4.79 Å². The molecule has 10 heteroatoms. The lowest BCUT2D eigenvalue weighted by Gasteiger charge is -2.39. The number of imide groups is 1. The average molecular weight is 448 g/mol. The third-order valence-electron chi connectivity index (χ3n) is 5.43. The Morgan fingerprint density at radius 3 is 2.58 bits per heavy atom. The summed E-state index contributed by atoms with van der Waals surface area (Å²) in [5.41, 5.74) is 4.32. The van der Waals surface area contributed by atoms with Gasteiger partial charge in [-0.05, 0) is 35.4 Å². The summed E-state index contributed by atoms with van der Waals surface area (Å²) >= 11 is 0. The van der Waals surface area contributed by atoms with Gasteiger partial charge in [0.15, 0.2) is 12.2 Å². The number of hydrogen-bond acceptors (Lipinski definition) is 7. The number of hydrogen-bond donors (Lipinski definition) is 1. The van der Waals surface area contributed by atoms with Gasteiger partial charge in [-0.3, -0.25) is 14.5 Å². The molecule has 0 spiro atoms. The summed E-state index contributed by atoms with van der Waals surface area (Å²) in [5.74, 6) is -0.0730. The van der Waals surface area contributed by atoms with Crippen molar-refractivity contribution in [3.05, 3.63) is 65.7 Å². The third-order valence-corrected chi connectivity index (χ3v) is 5.43. The molecule has 2 aromatic rings. The van der Waals surface area contributed by atoms with Crippen LogP contribution in [0.25, 0.3) is 0 Å². The highest BCUT2D eigenvalue weighted by atomic mass is 16.5. The fourth-order valence-electron chi connectivity index (χ4n) is 3.61. The second-order valence-corrected chi connectivity index (χ2v) is 7.72. The maximum atomic E-state index is 12.5. The van der Waals surface area contributed by atoms with Crippen LogP contribution in [-0.4, -0.2) is 77.9 Å². The molecule has 0 aliphatic carbocycles. The Bertz CT molecular complexity index is 1090. The van der Waals surface area contributed by atoms with Crippen LogP contribution in [0.5, 0.6) is 5.75 Å². The second kappa shape index (κ2) is 9.51. The molecule has 2 unspecified atom stereocenters. The lowest BCUT2D eigenvalue weighted by molar-refractivity contribution is -0.136. The van der Waals surface area contributed by atoms with E-state index in [0.29, 0.717) is 6.61 Å². The number of carbonyl (C=O) groups is 3. The number of benzene rings is 2. The van der Waals surface area contributed by atoms with Gasteiger partial charge in [0.25, 0.3) is 11.8 Å². The van der Waals surface area contributed by atoms with Gasteiger partial charge in [-0.15, -0.1) is 0 Å². The number of ether oxygens (including phenoxy) is 1. The molecular formula is C23H24N6O4. The van der Waals surface area contributed by atoms with E-state index in [9.17, 15) is 14.4 Å². The van der Waals surface area contributed by atoms with Crippen molar-refractivity contribution in [2.24, 2.45) is 10.1 Å². The minimum absolute atomic E-state index is 0.115. The van der Waals surface area contributed by atoms with Crippen molar-refractivity contribution in [1.29, 1.82) is 0 Å². The van der Waals surface area contributed by atoms with E-state index in [-0.39, 0.29) is 6.54 Å². The Morgan fingerprint density at radius 1 is 1.12 bits per heavy atom. The standard InChI is InChI=1S/C23H24N6O4/c1-27-21-20(22(31)28(2)23(27)32)29(15-24-21)13-19(30)26-25-12-16-8-10-18(11-9-16)33-14-17-6-4-3-5-7-17/h3-12,15,20-21H,13-14H2,1-2H3,(H,26,30)/b25-12+. The van der Waals surface area contributed by atoms with Crippen LogP contribution in [0.15, 0.2) is 64.7 Å². The first-order valence-electron chi connectivity index (χ1n) is 10.4. The van der Waals surface area contributed by atoms with Crippen molar-refractivity contribution >= 4 is 30.4 Å². The highest BCUT2D eigenvalue weighted by molar-refractivity contribution is 6.02. The molecule has 2 aliphatic rings. The normalized spacial score (nSPS) is 19.9. The largest absolute Gasteiger partial charge is 0.489 e. The number of amides is 4. The Labute approximate surface area is 191 Å². The Hall–Kier alpha value is -4.21. The summed E-state index contributed by atoms with van der Waals surface area (Å²) in [7, 11) is 2.99. The van der Waals surface area contributed by atoms with Gasteiger partial charge in [0.05, 0.1) is 12.6 Å². The van der Waals surface area contributed by atoms with Crippen LogP contribution < -0.4 is 10.2 Å². The molecule has 2 aliphatic heterocycles. The maximum Gasteiger partial charge on any atom is 0.328 e. The molecule has 1 saturated heterocycles. The number of aliphatic imine (C=N–C) groups is 1. The SMILES string of the molecule is CN1C(=O)C2C(N=CN2CC(=O)N/N=C/c2ccc(OCc3ccccc3)cc2)N(C)C1=O. The zero-order chi connectivity index (χ0) is 23.4. The minimum atomic E-state index is -0.726. The van der Waals surface area contributed by atoms with Gasteiger partial charge in [0.2, 0.25) is 0 Å². The molecule has 2 aromatic carbocycles. The fraction of sp³-hybridized carbons (Fsp3) is 0.261. The highest BCUT2D eigenvalue weighted by Crippen LogP contribution is 2.24. The number of likely N-dealkylation sites (N-methyl/N-ethyl adjacent to an activating group) is 2. The number of carbonyl (C=O) groups excluding carboxylic acids is 3. The molecule has 0 aromatic heterocycles. The monoisotopic (exact) mass is 448 g/mol. The molecule has 4 rings (SSSR count). The topological polar surface area (TPSA) is 107 Å². The number of rotatable bonds is 7. The van der Waals surface area contributed by atoms with E-state index in [1.165, 1.54) is 29.4 Å². The summed E-state index contributed by atoms with van der Waals surface area (Å²) in [6.07, 6.45) is 2.31. The average Bonchev–Trinajstić information content (AvgIpc) is 3.25. The Balaban J connectivity index is 1.27. The number of nitrogens with zero attached hydrogens (tertiary/aromatic N) is 5. The van der Waals surface area contributed by atoms with Crippen molar-refractivity contribution in [3.8, 4) is 5.75 Å². The Morgan fingerprint density at radius 2 is 1.85 bits per heavy atom. The molecule has 4 amide bonds. The minimum Gasteiger partial charge on any atom is -0.489 e. The van der Waals surface area contributed by atoms with E-state index in [4.69, 9.17) is 4.74 Å². The molecule has 33 heavy (non-hydrogen) atoms. The summed E-state index contributed by atoms with van der Waals surface area (Å²) in [4.78, 5) is 45.0. The lowest BCUT2D eigenvalue weighted by atomic mass is 10.1. The van der Waals surface area contributed by atoms with E-state index < -0.39 is 30.1 Å². The number of urea groups is 1. The van der Waals surface area contributed by atoms with E-state index in [1.54, 1.807) is 7.05 Å². The predicted octanol–water partition coefficient (Wildman–Crippen LogP) is 1.28. The second-order valence-electron chi connectivity index (χ2n) is 7.72. The molecule has 0 radical (unpaired) electrons. The first-order chi connectivity index (χ1) is 15.9. The van der Waals surface area contributed by atoms with Gasteiger partial charge >= 0.3 is 6.03 Å². The van der Waals surface area contributed by atoms with Gasteiger partial charge in [-0.1, -0.05) is 30.3 Å². The molecule has 1 N–H and O–H groups in total. The van der Waals surface area contributed by atoms with Crippen molar-refractivity contribution < 1.29 is 19.1 Å². The summed E-state index contributed by atoms with van der Waals surface area (Å²) in [6.45, 7) is 0.365. The van der Waals surface area contributed by atoms with E-state index in [0.717, 1.165) is 21.8 Å². The van der Waals surface area contributed by atoms with Crippen molar-refractivity contribution in [3.63, 3.8) is 0 Å². The zero-order valence-corrected chi connectivity index (χ0v) is 18.3. The number of fused-ring (bicyclic) bond motifs is 1. The van der Waals surface area contributed by atoms with Gasteiger partial charge in [-0.2, -0.15) is 5.10 Å². The number of nitrogens with one attached hydrogen (secondary N) is 1. The zero-order valence-electron chi connectivity index (χ0n) is 18.3. The molecule has 170 valence electrons. The fourth-order valence-corrected chi connectivity index (χ4v) is 3.61. The smallest absolute Gasteiger partial charge is 0.328 e. The highest BCUT2D eigenvalue weighted by Gasteiger charge is 2.48. The van der Waals surface area contributed by atoms with Gasteiger partial charge < -0.3 is 14.5 Å². The van der Waals surface area contributed by atoms with Gasteiger partial charge in [-0.25, -0.2) is 15.2 Å². The molecule has 2 atom stereocenters. The van der Waals surface area contributed by atoms with Crippen LogP contribution >= 0.6 is 0 Å². The van der Waals surface area contributed by atoms with Crippen molar-refractivity contribution in [2.75, 3.05) is 20.6 Å².